The van der Waals surface area contributed by atoms with Crippen molar-refractivity contribution in [1.29, 1.82) is 0 Å². The summed E-state index contributed by atoms with van der Waals surface area (Å²) in [7, 11) is 0. The van der Waals surface area contributed by atoms with E-state index in [9.17, 15) is 14.0 Å². The van der Waals surface area contributed by atoms with Gasteiger partial charge in [-0.05, 0) is 67.7 Å². The second-order valence-electron chi connectivity index (χ2n) is 6.72. The maximum absolute atomic E-state index is 13.1. The molecule has 0 aliphatic carbocycles. The van der Waals surface area contributed by atoms with Crippen LogP contribution in [0.4, 0.5) is 9.18 Å². The van der Waals surface area contributed by atoms with Gasteiger partial charge in [-0.25, -0.2) is 9.18 Å². The van der Waals surface area contributed by atoms with Crippen molar-refractivity contribution >= 4 is 27.8 Å². The first-order valence-electron chi connectivity index (χ1n) is 7.65. The van der Waals surface area contributed by atoms with Crippen LogP contribution in [0.5, 0.6) is 0 Å². The number of carbonyl (C=O) groups excluding carboxylic acids is 2. The van der Waals surface area contributed by atoms with Crippen LogP contribution in [-0.2, 0) is 4.74 Å². The van der Waals surface area contributed by atoms with E-state index < -0.39 is 11.4 Å². The Kier molecular flexibility index (Phi) is 5.45. The number of ether oxygens (including phenoxy) is 1. The Hall–Kier alpha value is -1.43. The van der Waals surface area contributed by atoms with E-state index in [1.807, 2.05) is 20.8 Å². The zero-order chi connectivity index (χ0) is 17.2. The topological polar surface area (TPSA) is 46.6 Å². The molecule has 0 bridgehead atoms. The Morgan fingerprint density at radius 3 is 2.70 bits per heavy atom. The number of amides is 1. The van der Waals surface area contributed by atoms with Gasteiger partial charge in [0.25, 0.3) is 0 Å². The third-order valence-electron chi connectivity index (χ3n) is 3.66. The quantitative estimate of drug-likeness (QED) is 0.716. The normalized spacial score (nSPS) is 18.1. The Labute approximate surface area is 144 Å². The molecule has 1 saturated heterocycles. The predicted octanol–water partition coefficient (Wildman–Crippen LogP) is 4.56. The summed E-state index contributed by atoms with van der Waals surface area (Å²) in [5.74, 6) is -0.512. The number of Topliss-reactive ketones (excluding diaryl/α,β-unsaturated/α-hetero) is 1. The molecule has 4 nitrogen and oxygen atoms in total. The SMILES string of the molecule is CC(C)(C)OC(=O)N1CCCC1CC(=O)c1ccc(F)cc1Br. The molecule has 2 rings (SSSR count). The van der Waals surface area contributed by atoms with Gasteiger partial charge in [-0.15, -0.1) is 0 Å². The number of benzene rings is 1. The van der Waals surface area contributed by atoms with Gasteiger partial charge in [-0.1, -0.05) is 0 Å². The van der Waals surface area contributed by atoms with Gasteiger partial charge in [0.15, 0.2) is 5.78 Å². The minimum absolute atomic E-state index is 0.114. The third kappa shape index (κ3) is 4.77. The standard InChI is InChI=1S/C17H21BrFNO3/c1-17(2,3)23-16(22)20-8-4-5-12(20)10-15(21)13-7-6-11(19)9-14(13)18/h6-7,9,12H,4-5,8,10H2,1-3H3. The average Bonchev–Trinajstić information content (AvgIpc) is 2.84. The molecule has 0 aromatic heterocycles. The van der Waals surface area contributed by atoms with Crippen molar-refractivity contribution in [3.63, 3.8) is 0 Å². The first-order chi connectivity index (χ1) is 10.7. The van der Waals surface area contributed by atoms with E-state index in [-0.39, 0.29) is 24.3 Å². The zero-order valence-corrected chi connectivity index (χ0v) is 15.2. The van der Waals surface area contributed by atoms with Gasteiger partial charge in [0, 0.05) is 29.0 Å². The van der Waals surface area contributed by atoms with Crippen molar-refractivity contribution in [2.45, 2.75) is 51.7 Å². The summed E-state index contributed by atoms with van der Waals surface area (Å²) in [6.45, 7) is 6.04. The molecule has 0 radical (unpaired) electrons. The van der Waals surface area contributed by atoms with Gasteiger partial charge in [0.05, 0.1) is 0 Å². The van der Waals surface area contributed by atoms with Crippen LogP contribution in [0, 0.1) is 5.82 Å². The number of likely N-dealkylation sites (tertiary alicyclic amines) is 1. The minimum atomic E-state index is -0.561. The summed E-state index contributed by atoms with van der Waals surface area (Å²) in [4.78, 5) is 26.3. The molecule has 1 aromatic carbocycles. The van der Waals surface area contributed by atoms with E-state index in [0.717, 1.165) is 12.8 Å². The lowest BCUT2D eigenvalue weighted by atomic mass is 10.0. The molecule has 1 fully saturated rings. The average molecular weight is 386 g/mol. The highest BCUT2D eigenvalue weighted by Gasteiger charge is 2.33. The van der Waals surface area contributed by atoms with Crippen LogP contribution in [0.15, 0.2) is 22.7 Å². The van der Waals surface area contributed by atoms with Gasteiger partial charge in [0.1, 0.15) is 11.4 Å². The minimum Gasteiger partial charge on any atom is -0.444 e. The fourth-order valence-corrected chi connectivity index (χ4v) is 3.22. The fraction of sp³-hybridized carbons (Fsp3) is 0.529. The van der Waals surface area contributed by atoms with Crippen LogP contribution >= 0.6 is 15.9 Å². The van der Waals surface area contributed by atoms with Crippen molar-refractivity contribution < 1.29 is 18.7 Å². The van der Waals surface area contributed by atoms with E-state index in [2.05, 4.69) is 15.9 Å². The van der Waals surface area contributed by atoms with E-state index in [0.29, 0.717) is 16.6 Å². The number of halogens is 2. The number of nitrogens with zero attached hydrogens (tertiary/aromatic N) is 1. The number of rotatable bonds is 3. The summed E-state index contributed by atoms with van der Waals surface area (Å²) in [5, 5.41) is 0. The van der Waals surface area contributed by atoms with Crippen molar-refractivity contribution in [3.8, 4) is 0 Å². The smallest absolute Gasteiger partial charge is 0.410 e. The second kappa shape index (κ2) is 6.99. The number of carbonyl (C=O) groups is 2. The van der Waals surface area contributed by atoms with Crippen LogP contribution in [-0.4, -0.2) is 35.0 Å². The molecule has 23 heavy (non-hydrogen) atoms. The molecule has 1 unspecified atom stereocenters. The van der Waals surface area contributed by atoms with Crippen LogP contribution in [0.2, 0.25) is 0 Å². The molecule has 0 N–H and O–H groups in total. The molecule has 6 heteroatoms. The van der Waals surface area contributed by atoms with Gasteiger partial charge in [0.2, 0.25) is 0 Å². The van der Waals surface area contributed by atoms with Crippen molar-refractivity contribution in [2.24, 2.45) is 0 Å². The summed E-state index contributed by atoms with van der Waals surface area (Å²) in [6, 6.07) is 3.83. The fourth-order valence-electron chi connectivity index (χ4n) is 2.65. The first-order valence-corrected chi connectivity index (χ1v) is 8.44. The molecule has 1 amide bonds. The molecule has 1 heterocycles. The maximum Gasteiger partial charge on any atom is 0.410 e. The Bertz CT molecular complexity index is 612. The summed E-state index contributed by atoms with van der Waals surface area (Å²) in [6.07, 6.45) is 1.45. The molecule has 0 spiro atoms. The summed E-state index contributed by atoms with van der Waals surface area (Å²) < 4.78 is 19.0. The van der Waals surface area contributed by atoms with E-state index >= 15 is 0 Å². The van der Waals surface area contributed by atoms with Crippen LogP contribution < -0.4 is 0 Å². The molecule has 1 aliphatic rings. The van der Waals surface area contributed by atoms with Crippen LogP contribution in [0.1, 0.15) is 50.4 Å². The highest BCUT2D eigenvalue weighted by Crippen LogP contribution is 2.26. The summed E-state index contributed by atoms with van der Waals surface area (Å²) in [5.41, 5.74) is -0.128. The zero-order valence-electron chi connectivity index (χ0n) is 13.6. The highest BCUT2D eigenvalue weighted by molar-refractivity contribution is 9.10. The lowest BCUT2D eigenvalue weighted by molar-refractivity contribution is 0.0223. The van der Waals surface area contributed by atoms with E-state index in [4.69, 9.17) is 4.74 Å². The molecular weight excluding hydrogens is 365 g/mol. The monoisotopic (exact) mass is 385 g/mol. The van der Waals surface area contributed by atoms with Gasteiger partial charge in [-0.3, -0.25) is 4.79 Å². The summed E-state index contributed by atoms with van der Waals surface area (Å²) >= 11 is 3.21. The van der Waals surface area contributed by atoms with Gasteiger partial charge < -0.3 is 9.64 Å². The van der Waals surface area contributed by atoms with Crippen molar-refractivity contribution in [3.05, 3.63) is 34.1 Å². The Balaban J connectivity index is 2.06. The highest BCUT2D eigenvalue weighted by atomic mass is 79.9. The van der Waals surface area contributed by atoms with Crippen LogP contribution in [0.25, 0.3) is 0 Å². The number of ketones is 1. The third-order valence-corrected chi connectivity index (χ3v) is 4.31. The molecule has 1 aromatic rings. The second-order valence-corrected chi connectivity index (χ2v) is 7.58. The largest absolute Gasteiger partial charge is 0.444 e. The lowest BCUT2D eigenvalue weighted by Crippen LogP contribution is -2.40. The molecular formula is C17H21BrFNO3. The maximum atomic E-state index is 13.1. The van der Waals surface area contributed by atoms with E-state index in [1.165, 1.54) is 18.2 Å². The van der Waals surface area contributed by atoms with Crippen molar-refractivity contribution in [1.82, 2.24) is 4.90 Å². The van der Waals surface area contributed by atoms with Crippen LogP contribution in [0.3, 0.4) is 0 Å². The molecule has 1 atom stereocenters. The molecule has 0 saturated carbocycles. The first kappa shape index (κ1) is 17.9. The predicted molar refractivity (Wildman–Crippen MR) is 89.0 cm³/mol. The number of hydrogen-bond acceptors (Lipinski definition) is 3. The number of hydrogen-bond donors (Lipinski definition) is 0. The van der Waals surface area contributed by atoms with Gasteiger partial charge >= 0.3 is 6.09 Å². The lowest BCUT2D eigenvalue weighted by Gasteiger charge is -2.28. The Morgan fingerprint density at radius 2 is 2.09 bits per heavy atom. The molecule has 1 aliphatic heterocycles. The molecule has 126 valence electrons. The van der Waals surface area contributed by atoms with Gasteiger partial charge in [-0.2, -0.15) is 0 Å². The Morgan fingerprint density at radius 1 is 1.39 bits per heavy atom. The van der Waals surface area contributed by atoms with Crippen molar-refractivity contribution in [2.75, 3.05) is 6.54 Å². The van der Waals surface area contributed by atoms with E-state index in [1.54, 1.807) is 4.90 Å².